The van der Waals surface area contributed by atoms with E-state index in [1.165, 1.54) is 19.3 Å². The molecule has 144 valence electrons. The smallest absolute Gasteiger partial charge is 0.305 e. The molecule has 0 aliphatic carbocycles. The number of hydrogen-bond acceptors (Lipinski definition) is 4. The van der Waals surface area contributed by atoms with Crippen molar-refractivity contribution in [3.63, 3.8) is 0 Å². The van der Waals surface area contributed by atoms with Gasteiger partial charge in [-0.15, -0.1) is 0 Å². The number of carbonyl (C=O) groups excluding carboxylic acids is 1. The SMILES string of the molecule is CCCCC=CCC=CCC=CCCCCCC(=O)OCC(O)CO. The van der Waals surface area contributed by atoms with E-state index in [2.05, 4.69) is 43.4 Å². The lowest BCUT2D eigenvalue weighted by Crippen LogP contribution is -2.21. The van der Waals surface area contributed by atoms with Crippen LogP contribution in [0.4, 0.5) is 0 Å². The first kappa shape index (κ1) is 23.6. The van der Waals surface area contributed by atoms with Crippen LogP contribution in [0.15, 0.2) is 36.5 Å². The van der Waals surface area contributed by atoms with E-state index in [0.717, 1.165) is 38.5 Å². The minimum absolute atomic E-state index is 0.125. The van der Waals surface area contributed by atoms with Gasteiger partial charge >= 0.3 is 5.97 Å². The van der Waals surface area contributed by atoms with Gasteiger partial charge in [-0.3, -0.25) is 4.79 Å². The summed E-state index contributed by atoms with van der Waals surface area (Å²) in [5, 5.41) is 17.7. The van der Waals surface area contributed by atoms with Crippen LogP contribution in [0.3, 0.4) is 0 Å². The minimum Gasteiger partial charge on any atom is -0.463 e. The summed E-state index contributed by atoms with van der Waals surface area (Å²) < 4.78 is 4.84. The van der Waals surface area contributed by atoms with Gasteiger partial charge in [0.15, 0.2) is 0 Å². The Labute approximate surface area is 153 Å². The zero-order valence-corrected chi connectivity index (χ0v) is 15.7. The third kappa shape index (κ3) is 18.8. The molecule has 0 aromatic rings. The maximum atomic E-state index is 11.4. The molecule has 0 spiro atoms. The molecule has 0 heterocycles. The van der Waals surface area contributed by atoms with Crippen molar-refractivity contribution < 1.29 is 19.7 Å². The molecule has 0 aliphatic rings. The molecule has 4 nitrogen and oxygen atoms in total. The second kappa shape index (κ2) is 18.9. The highest BCUT2D eigenvalue weighted by molar-refractivity contribution is 5.69. The molecule has 0 fully saturated rings. The van der Waals surface area contributed by atoms with Gasteiger partial charge in [0.25, 0.3) is 0 Å². The van der Waals surface area contributed by atoms with Gasteiger partial charge in [-0.2, -0.15) is 0 Å². The maximum Gasteiger partial charge on any atom is 0.305 e. The molecule has 0 radical (unpaired) electrons. The van der Waals surface area contributed by atoms with E-state index in [9.17, 15) is 4.79 Å². The topological polar surface area (TPSA) is 66.8 Å². The van der Waals surface area contributed by atoms with Crippen molar-refractivity contribution in [2.24, 2.45) is 0 Å². The first-order chi connectivity index (χ1) is 12.2. The average Bonchev–Trinajstić information content (AvgIpc) is 2.62. The van der Waals surface area contributed by atoms with Crippen LogP contribution >= 0.6 is 0 Å². The van der Waals surface area contributed by atoms with Crippen LogP contribution in [0.2, 0.25) is 0 Å². The molecule has 0 amide bonds. The van der Waals surface area contributed by atoms with E-state index in [1.807, 2.05) is 0 Å². The van der Waals surface area contributed by atoms with Gasteiger partial charge in [-0.25, -0.2) is 0 Å². The van der Waals surface area contributed by atoms with E-state index < -0.39 is 6.10 Å². The third-order valence-corrected chi connectivity index (χ3v) is 3.67. The molecule has 0 rings (SSSR count). The monoisotopic (exact) mass is 352 g/mol. The van der Waals surface area contributed by atoms with Crippen LogP contribution in [-0.2, 0) is 9.53 Å². The number of ether oxygens (including phenoxy) is 1. The Kier molecular flexibility index (Phi) is 17.9. The molecule has 0 saturated heterocycles. The number of allylic oxidation sites excluding steroid dienone is 6. The zero-order valence-electron chi connectivity index (χ0n) is 15.7. The highest BCUT2D eigenvalue weighted by Gasteiger charge is 2.06. The molecular formula is C21H36O4. The summed E-state index contributed by atoms with van der Waals surface area (Å²) in [7, 11) is 0. The predicted octanol–water partition coefficient (Wildman–Crippen LogP) is 4.47. The fraction of sp³-hybridized carbons (Fsp3) is 0.667. The molecule has 1 unspecified atom stereocenters. The van der Waals surface area contributed by atoms with Crippen molar-refractivity contribution in [1.82, 2.24) is 0 Å². The highest BCUT2D eigenvalue weighted by Crippen LogP contribution is 2.05. The van der Waals surface area contributed by atoms with E-state index in [4.69, 9.17) is 14.9 Å². The second-order valence-corrected chi connectivity index (χ2v) is 6.15. The normalized spacial score (nSPS) is 13.2. The summed E-state index contributed by atoms with van der Waals surface area (Å²) >= 11 is 0. The second-order valence-electron chi connectivity index (χ2n) is 6.15. The zero-order chi connectivity index (χ0) is 18.6. The fourth-order valence-corrected chi connectivity index (χ4v) is 2.12. The summed E-state index contributed by atoms with van der Waals surface area (Å²) in [5.41, 5.74) is 0. The van der Waals surface area contributed by atoms with Crippen molar-refractivity contribution in [1.29, 1.82) is 0 Å². The van der Waals surface area contributed by atoms with Crippen LogP contribution < -0.4 is 0 Å². The van der Waals surface area contributed by atoms with E-state index >= 15 is 0 Å². The Balaban J connectivity index is 3.40. The largest absolute Gasteiger partial charge is 0.463 e. The molecule has 0 aromatic carbocycles. The average molecular weight is 353 g/mol. The lowest BCUT2D eigenvalue weighted by molar-refractivity contribution is -0.147. The summed E-state index contributed by atoms with van der Waals surface area (Å²) in [5.74, 6) is -0.308. The van der Waals surface area contributed by atoms with Gasteiger partial charge in [-0.05, 0) is 38.5 Å². The van der Waals surface area contributed by atoms with Crippen LogP contribution in [0.5, 0.6) is 0 Å². The van der Waals surface area contributed by atoms with Crippen LogP contribution in [0.1, 0.15) is 71.1 Å². The van der Waals surface area contributed by atoms with E-state index in [1.54, 1.807) is 0 Å². The molecule has 0 aliphatic heterocycles. The van der Waals surface area contributed by atoms with Gasteiger partial charge in [-0.1, -0.05) is 62.6 Å². The molecule has 4 heteroatoms. The quantitative estimate of drug-likeness (QED) is 0.244. The van der Waals surface area contributed by atoms with Crippen molar-refractivity contribution in [2.75, 3.05) is 13.2 Å². The fourth-order valence-electron chi connectivity index (χ4n) is 2.12. The first-order valence-electron chi connectivity index (χ1n) is 9.60. The van der Waals surface area contributed by atoms with Crippen molar-refractivity contribution >= 4 is 5.97 Å². The Morgan fingerprint density at radius 1 is 0.920 bits per heavy atom. The predicted molar refractivity (Wildman–Crippen MR) is 103 cm³/mol. The molecule has 0 bridgehead atoms. The van der Waals surface area contributed by atoms with Crippen LogP contribution in [0, 0.1) is 0 Å². The molecule has 1 atom stereocenters. The number of unbranched alkanes of at least 4 members (excludes halogenated alkanes) is 5. The van der Waals surface area contributed by atoms with Gasteiger partial charge in [0.05, 0.1) is 6.61 Å². The molecule has 0 saturated carbocycles. The maximum absolute atomic E-state index is 11.4. The number of hydrogen-bond donors (Lipinski definition) is 2. The Bertz CT molecular complexity index is 385. The summed E-state index contributed by atoms with van der Waals surface area (Å²) in [6.45, 7) is 1.70. The van der Waals surface area contributed by atoms with E-state index in [0.29, 0.717) is 6.42 Å². The Morgan fingerprint density at radius 3 is 2.12 bits per heavy atom. The van der Waals surface area contributed by atoms with Gasteiger partial charge in [0.1, 0.15) is 12.7 Å². The Morgan fingerprint density at radius 2 is 1.52 bits per heavy atom. The third-order valence-electron chi connectivity index (χ3n) is 3.67. The standard InChI is InChI=1S/C21H36O4/c1-2-3-4-5-6-7-8-9-10-11-12-13-14-15-16-17-21(24)25-19-20(23)18-22/h5-6,8-9,11-12,20,22-23H,2-4,7,10,13-19H2,1H3. The molecular weight excluding hydrogens is 316 g/mol. The summed E-state index contributed by atoms with van der Waals surface area (Å²) in [6.07, 6.45) is 22.2. The lowest BCUT2D eigenvalue weighted by Gasteiger charge is -2.08. The van der Waals surface area contributed by atoms with Gasteiger partial charge in [0.2, 0.25) is 0 Å². The number of aliphatic hydroxyl groups is 2. The van der Waals surface area contributed by atoms with Crippen molar-refractivity contribution in [2.45, 2.75) is 77.2 Å². The first-order valence-corrected chi connectivity index (χ1v) is 9.60. The number of rotatable bonds is 16. The van der Waals surface area contributed by atoms with Crippen molar-refractivity contribution in [3.05, 3.63) is 36.5 Å². The Hall–Kier alpha value is -1.39. The number of aliphatic hydroxyl groups excluding tert-OH is 2. The number of esters is 1. The molecule has 25 heavy (non-hydrogen) atoms. The minimum atomic E-state index is -0.972. The van der Waals surface area contributed by atoms with Crippen molar-refractivity contribution in [3.8, 4) is 0 Å². The highest BCUT2D eigenvalue weighted by atomic mass is 16.5. The van der Waals surface area contributed by atoms with Gasteiger partial charge in [0, 0.05) is 6.42 Å². The van der Waals surface area contributed by atoms with Crippen LogP contribution in [0.25, 0.3) is 0 Å². The lowest BCUT2D eigenvalue weighted by atomic mass is 10.1. The summed E-state index contributed by atoms with van der Waals surface area (Å²) in [6, 6.07) is 0. The molecule has 2 N–H and O–H groups in total. The number of carbonyl (C=O) groups is 1. The van der Waals surface area contributed by atoms with Gasteiger partial charge < -0.3 is 14.9 Å². The van der Waals surface area contributed by atoms with E-state index in [-0.39, 0.29) is 19.2 Å². The summed E-state index contributed by atoms with van der Waals surface area (Å²) in [4.78, 5) is 11.4. The molecule has 0 aromatic heterocycles. The van der Waals surface area contributed by atoms with Crippen LogP contribution in [-0.4, -0.2) is 35.5 Å².